The number of carbonyl (C=O) groups is 1. The predicted molar refractivity (Wildman–Crippen MR) is 102 cm³/mol. The van der Waals surface area contributed by atoms with Gasteiger partial charge in [-0.2, -0.15) is 5.26 Å². The minimum absolute atomic E-state index is 0.206. The molecule has 3 aromatic rings. The van der Waals surface area contributed by atoms with Crippen molar-refractivity contribution in [1.82, 2.24) is 10.3 Å². The molecule has 2 aromatic carbocycles. The molecule has 2 N–H and O–H groups in total. The maximum absolute atomic E-state index is 12.5. The van der Waals surface area contributed by atoms with Gasteiger partial charge in [-0.1, -0.05) is 6.07 Å². The zero-order valence-corrected chi connectivity index (χ0v) is 14.8. The molecule has 2 heterocycles. The Hall–Kier alpha value is -4.05. The van der Waals surface area contributed by atoms with Crippen LogP contribution >= 0.6 is 0 Å². The summed E-state index contributed by atoms with van der Waals surface area (Å²) in [6.45, 7) is 0.591. The molecule has 1 amide bonds. The summed E-state index contributed by atoms with van der Waals surface area (Å²) in [6.07, 6.45) is 1.57. The Bertz CT molecular complexity index is 1060. The van der Waals surface area contributed by atoms with Crippen molar-refractivity contribution in [1.29, 1.82) is 5.26 Å². The number of nitrogens with zero attached hydrogens (tertiary/aromatic N) is 2. The summed E-state index contributed by atoms with van der Waals surface area (Å²) in [6, 6.07) is 18.0. The number of carbonyl (C=O) groups excluding carboxylic acids is 1. The molecular formula is C21H16N4O3. The van der Waals surface area contributed by atoms with Crippen LogP contribution < -0.4 is 20.1 Å². The highest BCUT2D eigenvalue weighted by atomic mass is 16.7. The summed E-state index contributed by atoms with van der Waals surface area (Å²) in [4.78, 5) is 16.7. The summed E-state index contributed by atoms with van der Waals surface area (Å²) in [5, 5.41) is 14.9. The molecule has 28 heavy (non-hydrogen) atoms. The summed E-state index contributed by atoms with van der Waals surface area (Å²) < 4.78 is 10.6. The van der Waals surface area contributed by atoms with Gasteiger partial charge in [-0.25, -0.2) is 4.98 Å². The summed E-state index contributed by atoms with van der Waals surface area (Å²) in [7, 11) is 0. The number of ether oxygens (including phenoxy) is 2. The van der Waals surface area contributed by atoms with E-state index in [1.165, 1.54) is 0 Å². The molecule has 0 spiro atoms. The van der Waals surface area contributed by atoms with E-state index in [2.05, 4.69) is 21.7 Å². The van der Waals surface area contributed by atoms with Gasteiger partial charge in [-0.15, -0.1) is 0 Å². The lowest BCUT2D eigenvalue weighted by Gasteiger charge is -2.09. The highest BCUT2D eigenvalue weighted by molar-refractivity contribution is 5.94. The first-order chi connectivity index (χ1) is 13.7. The zero-order valence-electron chi connectivity index (χ0n) is 14.8. The molecule has 0 bridgehead atoms. The van der Waals surface area contributed by atoms with Gasteiger partial charge in [0.05, 0.1) is 11.6 Å². The number of aromatic nitrogens is 1. The van der Waals surface area contributed by atoms with Crippen LogP contribution in [0, 0.1) is 11.3 Å². The molecule has 0 saturated heterocycles. The standard InChI is InChI=1S/C21H16N4O3/c22-11-14-1-4-17(5-2-14)25-20-10-16(7-8-23-20)21(26)24-12-15-3-6-18-19(9-15)28-13-27-18/h1-10H,12-13H2,(H,23,25)(H,24,26). The molecule has 1 aliphatic heterocycles. The molecule has 4 rings (SSSR count). The Morgan fingerprint density at radius 3 is 2.71 bits per heavy atom. The highest BCUT2D eigenvalue weighted by Gasteiger charge is 2.14. The van der Waals surface area contributed by atoms with Crippen molar-refractivity contribution < 1.29 is 14.3 Å². The molecule has 138 valence electrons. The van der Waals surface area contributed by atoms with Crippen LogP contribution in [0.15, 0.2) is 60.8 Å². The highest BCUT2D eigenvalue weighted by Crippen LogP contribution is 2.32. The Morgan fingerprint density at radius 1 is 1.07 bits per heavy atom. The quantitative estimate of drug-likeness (QED) is 0.713. The minimum Gasteiger partial charge on any atom is -0.454 e. The van der Waals surface area contributed by atoms with Crippen LogP contribution in [0.5, 0.6) is 11.5 Å². The topological polar surface area (TPSA) is 96.3 Å². The van der Waals surface area contributed by atoms with E-state index < -0.39 is 0 Å². The number of nitriles is 1. The van der Waals surface area contributed by atoms with E-state index in [1.807, 2.05) is 18.2 Å². The normalized spacial score (nSPS) is 11.5. The van der Waals surface area contributed by atoms with Crippen molar-refractivity contribution in [2.24, 2.45) is 0 Å². The number of fused-ring (bicyclic) bond motifs is 1. The van der Waals surface area contributed by atoms with Crippen LogP contribution in [0.3, 0.4) is 0 Å². The van der Waals surface area contributed by atoms with Crippen molar-refractivity contribution in [2.45, 2.75) is 6.54 Å². The number of nitrogens with one attached hydrogen (secondary N) is 2. The van der Waals surface area contributed by atoms with E-state index in [4.69, 9.17) is 14.7 Å². The average Bonchev–Trinajstić information content (AvgIpc) is 3.20. The molecule has 0 unspecified atom stereocenters. The second-order valence-corrected chi connectivity index (χ2v) is 6.11. The van der Waals surface area contributed by atoms with Gasteiger partial charge in [0.2, 0.25) is 6.79 Å². The number of anilines is 2. The lowest BCUT2D eigenvalue weighted by molar-refractivity contribution is 0.0950. The number of benzene rings is 2. The van der Waals surface area contributed by atoms with Crippen molar-refractivity contribution in [3.8, 4) is 17.6 Å². The molecule has 0 saturated carbocycles. The van der Waals surface area contributed by atoms with E-state index in [-0.39, 0.29) is 12.7 Å². The summed E-state index contributed by atoms with van der Waals surface area (Å²) >= 11 is 0. The van der Waals surface area contributed by atoms with Crippen LogP contribution in [0.4, 0.5) is 11.5 Å². The van der Waals surface area contributed by atoms with Crippen LogP contribution in [-0.2, 0) is 6.54 Å². The third-order valence-electron chi connectivity index (χ3n) is 4.20. The summed E-state index contributed by atoms with van der Waals surface area (Å²) in [5.41, 5.74) is 2.77. The lowest BCUT2D eigenvalue weighted by atomic mass is 10.2. The zero-order chi connectivity index (χ0) is 19.3. The van der Waals surface area contributed by atoms with E-state index in [0.717, 1.165) is 11.3 Å². The Kier molecular flexibility index (Phi) is 4.76. The van der Waals surface area contributed by atoms with Gasteiger partial charge in [0.1, 0.15) is 5.82 Å². The second-order valence-electron chi connectivity index (χ2n) is 6.11. The van der Waals surface area contributed by atoms with E-state index in [0.29, 0.717) is 35.0 Å². The van der Waals surface area contributed by atoms with Gasteiger partial charge in [0.25, 0.3) is 5.91 Å². The number of rotatable bonds is 5. The number of pyridine rings is 1. The van der Waals surface area contributed by atoms with E-state index in [1.54, 1.807) is 42.6 Å². The van der Waals surface area contributed by atoms with Crippen molar-refractivity contribution in [3.05, 3.63) is 77.5 Å². The fraction of sp³-hybridized carbons (Fsp3) is 0.0952. The van der Waals surface area contributed by atoms with Crippen LogP contribution in [0.25, 0.3) is 0 Å². The number of hydrogen-bond acceptors (Lipinski definition) is 6. The third kappa shape index (κ3) is 3.86. The summed E-state index contributed by atoms with van der Waals surface area (Å²) in [5.74, 6) is 1.73. The van der Waals surface area contributed by atoms with Gasteiger partial charge < -0.3 is 20.1 Å². The third-order valence-corrected chi connectivity index (χ3v) is 4.20. The molecule has 7 nitrogen and oxygen atoms in total. The van der Waals surface area contributed by atoms with Crippen molar-refractivity contribution in [2.75, 3.05) is 12.1 Å². The Balaban J connectivity index is 1.40. The lowest BCUT2D eigenvalue weighted by Crippen LogP contribution is -2.22. The molecule has 0 fully saturated rings. The maximum atomic E-state index is 12.5. The first kappa shape index (κ1) is 17.4. The maximum Gasteiger partial charge on any atom is 0.251 e. The van der Waals surface area contributed by atoms with Gasteiger partial charge in [0.15, 0.2) is 11.5 Å². The van der Waals surface area contributed by atoms with Gasteiger partial charge in [0, 0.05) is 24.0 Å². The second kappa shape index (κ2) is 7.68. The minimum atomic E-state index is -0.206. The molecular weight excluding hydrogens is 356 g/mol. The SMILES string of the molecule is N#Cc1ccc(Nc2cc(C(=O)NCc3ccc4c(c3)OCO4)ccn2)cc1. The van der Waals surface area contributed by atoms with Gasteiger partial charge in [-0.3, -0.25) is 4.79 Å². The molecule has 1 aliphatic rings. The molecule has 0 aliphatic carbocycles. The first-order valence-corrected chi connectivity index (χ1v) is 8.61. The van der Waals surface area contributed by atoms with Crippen LogP contribution in [0.2, 0.25) is 0 Å². The predicted octanol–water partition coefficient (Wildman–Crippen LogP) is 3.36. The largest absolute Gasteiger partial charge is 0.454 e. The fourth-order valence-electron chi connectivity index (χ4n) is 2.75. The molecule has 1 aromatic heterocycles. The molecule has 0 radical (unpaired) electrons. The molecule has 7 heteroatoms. The average molecular weight is 372 g/mol. The fourth-order valence-corrected chi connectivity index (χ4v) is 2.75. The van der Waals surface area contributed by atoms with Crippen molar-refractivity contribution in [3.63, 3.8) is 0 Å². The Labute approximate surface area is 161 Å². The molecule has 0 atom stereocenters. The van der Waals surface area contributed by atoms with Gasteiger partial charge in [-0.05, 0) is 54.1 Å². The van der Waals surface area contributed by atoms with E-state index >= 15 is 0 Å². The number of amides is 1. The number of hydrogen-bond donors (Lipinski definition) is 2. The Morgan fingerprint density at radius 2 is 1.89 bits per heavy atom. The first-order valence-electron chi connectivity index (χ1n) is 8.61. The monoisotopic (exact) mass is 372 g/mol. The van der Waals surface area contributed by atoms with Crippen LogP contribution in [-0.4, -0.2) is 17.7 Å². The van der Waals surface area contributed by atoms with Crippen LogP contribution in [0.1, 0.15) is 21.5 Å². The van der Waals surface area contributed by atoms with Crippen molar-refractivity contribution >= 4 is 17.4 Å². The van der Waals surface area contributed by atoms with E-state index in [9.17, 15) is 4.79 Å². The van der Waals surface area contributed by atoms with Gasteiger partial charge >= 0.3 is 0 Å². The smallest absolute Gasteiger partial charge is 0.251 e.